The Balaban J connectivity index is 1.88. The third-order valence-corrected chi connectivity index (χ3v) is 4.76. The number of primary amides is 1. The zero-order chi connectivity index (χ0) is 20.5. The highest BCUT2D eigenvalue weighted by Crippen LogP contribution is 2.23. The van der Waals surface area contributed by atoms with Gasteiger partial charge in [-0.2, -0.15) is 0 Å². The normalized spacial score (nSPS) is 11.5. The summed E-state index contributed by atoms with van der Waals surface area (Å²) in [6.45, 7) is 4.21. The van der Waals surface area contributed by atoms with Crippen LogP contribution < -0.4 is 15.8 Å². The molecule has 150 valence electrons. The molecule has 8 heteroatoms. The van der Waals surface area contributed by atoms with Gasteiger partial charge >= 0.3 is 5.97 Å². The number of thiophene rings is 1. The number of rotatable bonds is 10. The van der Waals surface area contributed by atoms with Crippen LogP contribution in [0.25, 0.3) is 0 Å². The summed E-state index contributed by atoms with van der Waals surface area (Å²) in [6.07, 6.45) is 2.17. The van der Waals surface area contributed by atoms with Gasteiger partial charge < -0.3 is 20.5 Å². The van der Waals surface area contributed by atoms with Crippen molar-refractivity contribution in [1.29, 1.82) is 0 Å². The van der Waals surface area contributed by atoms with E-state index in [4.69, 9.17) is 15.2 Å². The van der Waals surface area contributed by atoms with Crippen molar-refractivity contribution in [2.45, 2.75) is 39.2 Å². The number of amides is 2. The van der Waals surface area contributed by atoms with Crippen molar-refractivity contribution in [1.82, 2.24) is 0 Å². The van der Waals surface area contributed by atoms with Crippen LogP contribution in [0.2, 0.25) is 0 Å². The fourth-order valence-electron chi connectivity index (χ4n) is 2.33. The molecule has 0 fully saturated rings. The first-order valence-electron chi connectivity index (χ1n) is 9.04. The Labute approximate surface area is 167 Å². The van der Waals surface area contributed by atoms with Crippen LogP contribution in [-0.2, 0) is 9.53 Å². The molecule has 1 aromatic carbocycles. The SMILES string of the molecule is CCCCCOc1ccc(C(=O)O[C@H](C)C(=O)Nc2sccc2C(N)=O)cc1. The smallest absolute Gasteiger partial charge is 0.338 e. The van der Waals surface area contributed by atoms with Gasteiger partial charge in [-0.1, -0.05) is 19.8 Å². The zero-order valence-corrected chi connectivity index (χ0v) is 16.7. The topological polar surface area (TPSA) is 108 Å². The van der Waals surface area contributed by atoms with Gasteiger partial charge in [-0.25, -0.2) is 4.79 Å². The predicted molar refractivity (Wildman–Crippen MR) is 108 cm³/mol. The van der Waals surface area contributed by atoms with Gasteiger partial charge in [0.05, 0.1) is 17.7 Å². The van der Waals surface area contributed by atoms with E-state index in [0.29, 0.717) is 22.9 Å². The van der Waals surface area contributed by atoms with Crippen LogP contribution in [0.4, 0.5) is 5.00 Å². The van der Waals surface area contributed by atoms with E-state index in [9.17, 15) is 14.4 Å². The number of hydrogen-bond acceptors (Lipinski definition) is 6. The highest BCUT2D eigenvalue weighted by atomic mass is 32.1. The van der Waals surface area contributed by atoms with E-state index in [2.05, 4.69) is 12.2 Å². The van der Waals surface area contributed by atoms with Crippen molar-refractivity contribution in [3.63, 3.8) is 0 Å². The molecule has 7 nitrogen and oxygen atoms in total. The minimum absolute atomic E-state index is 0.214. The van der Waals surface area contributed by atoms with E-state index in [1.165, 1.54) is 13.0 Å². The Morgan fingerprint density at radius 2 is 1.86 bits per heavy atom. The van der Waals surface area contributed by atoms with Gasteiger partial charge in [-0.15, -0.1) is 11.3 Å². The Morgan fingerprint density at radius 3 is 2.50 bits per heavy atom. The van der Waals surface area contributed by atoms with E-state index in [1.54, 1.807) is 29.6 Å². The van der Waals surface area contributed by atoms with Crippen LogP contribution >= 0.6 is 11.3 Å². The summed E-state index contributed by atoms with van der Waals surface area (Å²) < 4.78 is 10.8. The van der Waals surface area contributed by atoms with Gasteiger partial charge in [0.1, 0.15) is 10.8 Å². The first-order valence-corrected chi connectivity index (χ1v) is 9.92. The molecule has 0 aliphatic rings. The van der Waals surface area contributed by atoms with Gasteiger partial charge in [0.25, 0.3) is 11.8 Å². The zero-order valence-electron chi connectivity index (χ0n) is 15.9. The molecule has 2 amide bonds. The first kappa shape index (κ1) is 21.4. The second kappa shape index (κ2) is 10.5. The summed E-state index contributed by atoms with van der Waals surface area (Å²) in [6, 6.07) is 8.08. The molecule has 2 rings (SSSR count). The number of benzene rings is 1. The van der Waals surface area contributed by atoms with Gasteiger partial charge in [-0.05, 0) is 49.1 Å². The molecule has 28 heavy (non-hydrogen) atoms. The molecule has 1 heterocycles. The molecule has 0 bridgehead atoms. The molecule has 0 unspecified atom stereocenters. The lowest BCUT2D eigenvalue weighted by atomic mass is 10.2. The number of carbonyl (C=O) groups is 3. The molecule has 2 aromatic rings. The van der Waals surface area contributed by atoms with E-state index in [-0.39, 0.29) is 5.56 Å². The van der Waals surface area contributed by atoms with Crippen LogP contribution in [0.5, 0.6) is 5.75 Å². The van der Waals surface area contributed by atoms with E-state index in [0.717, 1.165) is 30.6 Å². The molecule has 0 spiro atoms. The van der Waals surface area contributed by atoms with Gasteiger partial charge in [0.2, 0.25) is 0 Å². The fourth-order valence-corrected chi connectivity index (χ4v) is 3.12. The lowest BCUT2D eigenvalue weighted by Crippen LogP contribution is -2.30. The average Bonchev–Trinajstić information content (AvgIpc) is 3.14. The van der Waals surface area contributed by atoms with Crippen LogP contribution in [0.3, 0.4) is 0 Å². The monoisotopic (exact) mass is 404 g/mol. The second-order valence-corrected chi connectivity index (χ2v) is 7.06. The average molecular weight is 404 g/mol. The molecular weight excluding hydrogens is 380 g/mol. The number of unbranched alkanes of at least 4 members (excludes halogenated alkanes) is 2. The minimum atomic E-state index is -1.04. The van der Waals surface area contributed by atoms with Gasteiger partial charge in [0, 0.05) is 0 Å². The third kappa shape index (κ3) is 6.09. The maximum Gasteiger partial charge on any atom is 0.338 e. The molecule has 1 aromatic heterocycles. The van der Waals surface area contributed by atoms with Crippen molar-refractivity contribution < 1.29 is 23.9 Å². The second-order valence-electron chi connectivity index (χ2n) is 6.14. The van der Waals surface area contributed by atoms with Crippen molar-refractivity contribution in [3.05, 3.63) is 46.8 Å². The Hall–Kier alpha value is -2.87. The number of ether oxygens (including phenoxy) is 2. The van der Waals surface area contributed by atoms with E-state index in [1.807, 2.05) is 0 Å². The molecule has 0 saturated carbocycles. The number of anilines is 1. The van der Waals surface area contributed by atoms with Crippen molar-refractivity contribution >= 4 is 34.1 Å². The summed E-state index contributed by atoms with van der Waals surface area (Å²) in [7, 11) is 0. The maximum absolute atomic E-state index is 12.2. The number of esters is 1. The molecule has 0 saturated heterocycles. The molecule has 1 atom stereocenters. The standard InChI is InChI=1S/C20H24N2O5S/c1-3-4-5-11-26-15-8-6-14(7-9-15)20(25)27-13(2)18(24)22-19-16(17(21)23)10-12-28-19/h6-10,12-13H,3-5,11H2,1-2H3,(H2,21,23)(H,22,24)/t13-/m1/s1. The first-order chi connectivity index (χ1) is 13.4. The lowest BCUT2D eigenvalue weighted by molar-refractivity contribution is -0.123. The number of nitrogens with one attached hydrogen (secondary N) is 1. The summed E-state index contributed by atoms with van der Waals surface area (Å²) in [5.41, 5.74) is 5.77. The number of hydrogen-bond donors (Lipinski definition) is 2. The summed E-state index contributed by atoms with van der Waals surface area (Å²) in [5.74, 6) is -1.14. The van der Waals surface area contributed by atoms with Crippen molar-refractivity contribution in [2.24, 2.45) is 5.73 Å². The van der Waals surface area contributed by atoms with Crippen LogP contribution in [-0.4, -0.2) is 30.5 Å². The third-order valence-electron chi connectivity index (χ3n) is 3.93. The van der Waals surface area contributed by atoms with Crippen LogP contribution in [0.1, 0.15) is 53.8 Å². The molecule has 0 radical (unpaired) electrons. The number of nitrogens with two attached hydrogens (primary N) is 1. The van der Waals surface area contributed by atoms with Crippen LogP contribution in [0, 0.1) is 0 Å². The molecular formula is C20H24N2O5S. The van der Waals surface area contributed by atoms with Crippen molar-refractivity contribution in [2.75, 3.05) is 11.9 Å². The van der Waals surface area contributed by atoms with Crippen LogP contribution in [0.15, 0.2) is 35.7 Å². The molecule has 0 aliphatic carbocycles. The fraction of sp³-hybridized carbons (Fsp3) is 0.350. The van der Waals surface area contributed by atoms with Gasteiger partial charge in [-0.3, -0.25) is 9.59 Å². The molecule has 3 N–H and O–H groups in total. The highest BCUT2D eigenvalue weighted by molar-refractivity contribution is 7.14. The quantitative estimate of drug-likeness (QED) is 0.465. The molecule has 0 aliphatic heterocycles. The van der Waals surface area contributed by atoms with E-state index >= 15 is 0 Å². The predicted octanol–water partition coefficient (Wildman–Crippen LogP) is 3.60. The Kier molecular flexibility index (Phi) is 8.01. The van der Waals surface area contributed by atoms with Gasteiger partial charge in [0.15, 0.2) is 6.10 Å². The number of carbonyl (C=O) groups excluding carboxylic acids is 3. The summed E-state index contributed by atoms with van der Waals surface area (Å²) in [4.78, 5) is 35.8. The van der Waals surface area contributed by atoms with Crippen molar-refractivity contribution in [3.8, 4) is 5.75 Å². The minimum Gasteiger partial charge on any atom is -0.494 e. The maximum atomic E-state index is 12.2. The summed E-state index contributed by atoms with van der Waals surface area (Å²) in [5, 5.41) is 4.51. The largest absolute Gasteiger partial charge is 0.494 e. The lowest BCUT2D eigenvalue weighted by Gasteiger charge is -2.13. The van der Waals surface area contributed by atoms with E-state index < -0.39 is 23.9 Å². The Bertz CT molecular complexity index is 816. The highest BCUT2D eigenvalue weighted by Gasteiger charge is 2.21. The Morgan fingerprint density at radius 1 is 1.14 bits per heavy atom. The summed E-state index contributed by atoms with van der Waals surface area (Å²) >= 11 is 1.16.